The van der Waals surface area contributed by atoms with Crippen molar-refractivity contribution >= 4 is 39.2 Å². The van der Waals surface area contributed by atoms with E-state index >= 15 is 0 Å². The second-order valence-electron chi connectivity index (χ2n) is 8.30. The summed E-state index contributed by atoms with van der Waals surface area (Å²) in [5.41, 5.74) is 4.76. The summed E-state index contributed by atoms with van der Waals surface area (Å²) >= 11 is 2.69. The molecule has 170 valence electrons. The second kappa shape index (κ2) is 10.4. The zero-order chi connectivity index (χ0) is 23.4. The van der Waals surface area contributed by atoms with Crippen molar-refractivity contribution in [1.82, 2.24) is 14.9 Å². The van der Waals surface area contributed by atoms with Crippen LogP contribution in [-0.2, 0) is 11.2 Å². The third-order valence-corrected chi connectivity index (χ3v) is 7.19. The molecule has 0 radical (unpaired) electrons. The molecule has 1 atom stereocenters. The Kier molecular flexibility index (Phi) is 7.30. The lowest BCUT2D eigenvalue weighted by Gasteiger charge is -2.15. The minimum atomic E-state index is -0.0980. The Morgan fingerprint density at radius 3 is 2.58 bits per heavy atom. The van der Waals surface area contributed by atoms with E-state index in [-0.39, 0.29) is 23.3 Å². The first-order valence-corrected chi connectivity index (χ1v) is 12.8. The summed E-state index contributed by atoms with van der Waals surface area (Å²) in [6.45, 7) is 6.04. The van der Waals surface area contributed by atoms with E-state index in [1.165, 1.54) is 28.7 Å². The number of amides is 1. The van der Waals surface area contributed by atoms with Crippen LogP contribution in [0.5, 0.6) is 0 Å². The van der Waals surface area contributed by atoms with E-state index < -0.39 is 0 Å². The van der Waals surface area contributed by atoms with Crippen molar-refractivity contribution in [2.24, 2.45) is 0 Å². The van der Waals surface area contributed by atoms with Crippen LogP contribution >= 0.6 is 23.1 Å². The predicted molar refractivity (Wildman–Crippen MR) is 138 cm³/mol. The van der Waals surface area contributed by atoms with Gasteiger partial charge >= 0.3 is 0 Å². The second-order valence-corrected chi connectivity index (χ2v) is 10.2. The van der Waals surface area contributed by atoms with Crippen molar-refractivity contribution in [3.63, 3.8) is 0 Å². The van der Waals surface area contributed by atoms with Gasteiger partial charge in [-0.2, -0.15) is 0 Å². The van der Waals surface area contributed by atoms with E-state index in [1.54, 1.807) is 4.57 Å². The lowest BCUT2D eigenvalue weighted by molar-refractivity contribution is -0.119. The minimum absolute atomic E-state index is 0.0623. The summed E-state index contributed by atoms with van der Waals surface area (Å²) in [5.74, 6) is 0.134. The molecule has 2 aromatic heterocycles. The number of nitrogens with zero attached hydrogens (tertiary/aromatic N) is 2. The molecule has 2 aromatic carbocycles. The Balaban J connectivity index is 1.50. The fourth-order valence-corrected chi connectivity index (χ4v) is 5.43. The maximum Gasteiger partial charge on any atom is 0.276 e. The van der Waals surface area contributed by atoms with Crippen LogP contribution in [0.25, 0.3) is 15.9 Å². The highest BCUT2D eigenvalue weighted by atomic mass is 32.2. The maximum atomic E-state index is 13.3. The van der Waals surface area contributed by atoms with Gasteiger partial charge in [-0.05, 0) is 73.9 Å². The van der Waals surface area contributed by atoms with Crippen LogP contribution in [0.15, 0.2) is 69.9 Å². The predicted octanol–water partition coefficient (Wildman–Crippen LogP) is 5.29. The van der Waals surface area contributed by atoms with E-state index in [0.29, 0.717) is 15.4 Å². The van der Waals surface area contributed by atoms with Gasteiger partial charge in [0, 0.05) is 6.04 Å². The number of rotatable bonds is 8. The third kappa shape index (κ3) is 5.72. The standard InChI is InChI=1S/C26H27N3O2S2/c1-17-13-18(2)15-21(14-17)29-25(31)24-22(11-12-32-24)28-26(29)33-16-23(30)27-19(3)9-10-20-7-5-4-6-8-20/h4-8,11-15,19H,9-10,16H2,1-3H3,(H,27,30)/t19-/m1/s1. The highest BCUT2D eigenvalue weighted by Crippen LogP contribution is 2.24. The van der Waals surface area contributed by atoms with Crippen molar-refractivity contribution in [1.29, 1.82) is 0 Å². The number of thioether (sulfide) groups is 1. The van der Waals surface area contributed by atoms with Gasteiger partial charge in [-0.1, -0.05) is 48.2 Å². The van der Waals surface area contributed by atoms with Gasteiger partial charge in [-0.15, -0.1) is 11.3 Å². The summed E-state index contributed by atoms with van der Waals surface area (Å²) < 4.78 is 2.26. The average molecular weight is 478 g/mol. The normalized spacial score (nSPS) is 12.1. The third-order valence-electron chi connectivity index (χ3n) is 5.36. The molecule has 0 saturated carbocycles. The van der Waals surface area contributed by atoms with Crippen molar-refractivity contribution in [2.75, 3.05) is 5.75 Å². The number of aryl methyl sites for hydroxylation is 3. The Labute approximate surface area is 201 Å². The first-order valence-electron chi connectivity index (χ1n) is 11.0. The Morgan fingerprint density at radius 2 is 1.85 bits per heavy atom. The Hall–Kier alpha value is -2.90. The van der Waals surface area contributed by atoms with Crippen LogP contribution in [0.1, 0.15) is 30.0 Å². The average Bonchev–Trinajstić information content (AvgIpc) is 3.25. The highest BCUT2D eigenvalue weighted by Gasteiger charge is 2.17. The van der Waals surface area contributed by atoms with E-state index in [0.717, 1.165) is 29.7 Å². The summed E-state index contributed by atoms with van der Waals surface area (Å²) in [6, 6.07) is 18.2. The molecule has 0 bridgehead atoms. The zero-order valence-corrected chi connectivity index (χ0v) is 20.6. The molecule has 0 unspecified atom stereocenters. The molecule has 0 spiro atoms. The maximum absolute atomic E-state index is 13.3. The molecule has 0 aliphatic carbocycles. The number of aromatic nitrogens is 2. The first kappa shape index (κ1) is 23.3. The van der Waals surface area contributed by atoms with E-state index in [1.807, 2.05) is 62.5 Å². The number of thiophene rings is 1. The summed E-state index contributed by atoms with van der Waals surface area (Å²) in [6.07, 6.45) is 1.78. The van der Waals surface area contributed by atoms with Gasteiger partial charge in [-0.3, -0.25) is 14.2 Å². The topological polar surface area (TPSA) is 64.0 Å². The number of benzene rings is 2. The number of carbonyl (C=O) groups is 1. The van der Waals surface area contributed by atoms with Crippen molar-refractivity contribution in [3.8, 4) is 5.69 Å². The molecule has 1 N–H and O–H groups in total. The van der Waals surface area contributed by atoms with Crippen LogP contribution in [0.4, 0.5) is 0 Å². The summed E-state index contributed by atoms with van der Waals surface area (Å²) in [5, 5.41) is 5.48. The SMILES string of the molecule is Cc1cc(C)cc(-n2c(SCC(=O)N[C@H](C)CCc3ccccc3)nc3ccsc3c2=O)c1. The zero-order valence-electron chi connectivity index (χ0n) is 19.0. The van der Waals surface area contributed by atoms with Gasteiger partial charge in [0.25, 0.3) is 5.56 Å². The first-order chi connectivity index (χ1) is 15.9. The van der Waals surface area contributed by atoms with Gasteiger partial charge in [0.05, 0.1) is 17.0 Å². The molecule has 7 heteroatoms. The van der Waals surface area contributed by atoms with Gasteiger partial charge < -0.3 is 5.32 Å². The fraction of sp³-hybridized carbons (Fsp3) is 0.269. The van der Waals surface area contributed by atoms with E-state index in [4.69, 9.17) is 4.98 Å². The molecule has 2 heterocycles. The van der Waals surface area contributed by atoms with Crippen LogP contribution < -0.4 is 10.9 Å². The monoisotopic (exact) mass is 477 g/mol. The van der Waals surface area contributed by atoms with E-state index in [2.05, 4.69) is 23.5 Å². The number of carbonyl (C=O) groups excluding carboxylic acids is 1. The fourth-order valence-electron chi connectivity index (χ4n) is 3.84. The molecule has 0 aliphatic rings. The summed E-state index contributed by atoms with van der Waals surface area (Å²) in [4.78, 5) is 30.7. The van der Waals surface area contributed by atoms with Crippen LogP contribution in [0.3, 0.4) is 0 Å². The summed E-state index contributed by atoms with van der Waals surface area (Å²) in [7, 11) is 0. The molecule has 0 aliphatic heterocycles. The molecule has 0 fully saturated rings. The Bertz CT molecular complexity index is 1310. The molecular formula is C26H27N3O2S2. The molecule has 4 rings (SSSR count). The highest BCUT2D eigenvalue weighted by molar-refractivity contribution is 7.99. The van der Waals surface area contributed by atoms with E-state index in [9.17, 15) is 9.59 Å². The number of fused-ring (bicyclic) bond motifs is 1. The largest absolute Gasteiger partial charge is 0.353 e. The number of hydrogen-bond acceptors (Lipinski definition) is 5. The van der Waals surface area contributed by atoms with Gasteiger partial charge in [0.1, 0.15) is 4.70 Å². The van der Waals surface area contributed by atoms with Crippen molar-refractivity contribution < 1.29 is 4.79 Å². The quantitative estimate of drug-likeness (QED) is 0.277. The van der Waals surface area contributed by atoms with Crippen LogP contribution in [-0.4, -0.2) is 27.3 Å². The van der Waals surface area contributed by atoms with Crippen molar-refractivity contribution in [3.05, 3.63) is 87.0 Å². The van der Waals surface area contributed by atoms with Gasteiger partial charge in [0.2, 0.25) is 5.91 Å². The van der Waals surface area contributed by atoms with Crippen LogP contribution in [0, 0.1) is 13.8 Å². The number of nitrogens with one attached hydrogen (secondary N) is 1. The van der Waals surface area contributed by atoms with Gasteiger partial charge in [0.15, 0.2) is 5.16 Å². The minimum Gasteiger partial charge on any atom is -0.353 e. The molecule has 0 saturated heterocycles. The van der Waals surface area contributed by atoms with Gasteiger partial charge in [-0.25, -0.2) is 4.98 Å². The lowest BCUT2D eigenvalue weighted by Crippen LogP contribution is -2.34. The lowest BCUT2D eigenvalue weighted by atomic mass is 10.1. The molecular weight excluding hydrogens is 450 g/mol. The smallest absolute Gasteiger partial charge is 0.276 e. The molecule has 1 amide bonds. The molecule has 4 aromatic rings. The Morgan fingerprint density at radius 1 is 1.12 bits per heavy atom. The molecule has 33 heavy (non-hydrogen) atoms. The molecule has 5 nitrogen and oxygen atoms in total. The van der Waals surface area contributed by atoms with Crippen LogP contribution in [0.2, 0.25) is 0 Å². The van der Waals surface area contributed by atoms with Crippen molar-refractivity contribution in [2.45, 2.75) is 44.8 Å². The number of hydrogen-bond donors (Lipinski definition) is 1.